The van der Waals surface area contributed by atoms with Crippen molar-refractivity contribution in [2.24, 2.45) is 5.73 Å². The number of carbonyl (C=O) groups excluding carboxylic acids is 1. The quantitative estimate of drug-likeness (QED) is 0.823. The molecule has 0 bridgehead atoms. The lowest BCUT2D eigenvalue weighted by Crippen LogP contribution is -2.21. The van der Waals surface area contributed by atoms with Crippen LogP contribution in [0.25, 0.3) is 6.08 Å². The minimum absolute atomic E-state index is 0.143. The maximum absolute atomic E-state index is 10.9. The minimum atomic E-state index is -0.503. The van der Waals surface area contributed by atoms with E-state index in [9.17, 15) is 4.79 Å². The van der Waals surface area contributed by atoms with E-state index in [1.807, 2.05) is 0 Å². The summed E-state index contributed by atoms with van der Waals surface area (Å²) in [6.07, 6.45) is 1.64. The van der Waals surface area contributed by atoms with Gasteiger partial charge in [-0.3, -0.25) is 4.79 Å². The van der Waals surface area contributed by atoms with Crippen molar-refractivity contribution in [3.8, 4) is 5.75 Å². The van der Waals surface area contributed by atoms with Crippen molar-refractivity contribution in [1.82, 2.24) is 0 Å². The Balaban J connectivity index is 2.54. The number of hydrogen-bond donors (Lipinski definition) is 1. The van der Waals surface area contributed by atoms with Crippen molar-refractivity contribution in [1.29, 1.82) is 0 Å². The molecular formula is C10H7Cl2NO2. The molecule has 1 amide bonds. The first-order valence-corrected chi connectivity index (χ1v) is 4.96. The summed E-state index contributed by atoms with van der Waals surface area (Å²) in [5.74, 6) is 0.0304. The van der Waals surface area contributed by atoms with Crippen LogP contribution in [0.2, 0.25) is 10.0 Å². The molecule has 1 aromatic carbocycles. The van der Waals surface area contributed by atoms with Gasteiger partial charge in [0.2, 0.25) is 5.91 Å². The summed E-state index contributed by atoms with van der Waals surface area (Å²) >= 11 is 11.7. The van der Waals surface area contributed by atoms with Crippen LogP contribution >= 0.6 is 23.2 Å². The van der Waals surface area contributed by atoms with E-state index < -0.39 is 5.91 Å². The van der Waals surface area contributed by atoms with Crippen molar-refractivity contribution in [3.05, 3.63) is 33.3 Å². The summed E-state index contributed by atoms with van der Waals surface area (Å²) in [7, 11) is 0. The summed E-state index contributed by atoms with van der Waals surface area (Å²) in [4.78, 5) is 10.9. The van der Waals surface area contributed by atoms with Gasteiger partial charge in [0, 0.05) is 10.6 Å². The number of rotatable bonds is 1. The van der Waals surface area contributed by atoms with Crippen LogP contribution in [0.5, 0.6) is 5.75 Å². The Morgan fingerprint density at radius 3 is 2.80 bits per heavy atom. The van der Waals surface area contributed by atoms with Gasteiger partial charge < -0.3 is 10.5 Å². The highest BCUT2D eigenvalue weighted by molar-refractivity contribution is 6.36. The van der Waals surface area contributed by atoms with Crippen LogP contribution in [-0.2, 0) is 4.79 Å². The normalized spacial score (nSPS) is 13.9. The number of fused-ring (bicyclic) bond motifs is 1. The molecule has 0 aromatic heterocycles. The van der Waals surface area contributed by atoms with Crippen LogP contribution in [0.3, 0.4) is 0 Å². The SMILES string of the molecule is NC(=O)C1=Cc2cc(Cl)cc(Cl)c2OC1. The van der Waals surface area contributed by atoms with E-state index in [1.54, 1.807) is 18.2 Å². The number of primary amides is 1. The van der Waals surface area contributed by atoms with Crippen LogP contribution in [0.15, 0.2) is 17.7 Å². The fraction of sp³-hybridized carbons (Fsp3) is 0.100. The number of nitrogens with two attached hydrogens (primary N) is 1. The van der Waals surface area contributed by atoms with Gasteiger partial charge in [0.25, 0.3) is 0 Å². The number of benzene rings is 1. The smallest absolute Gasteiger partial charge is 0.248 e. The van der Waals surface area contributed by atoms with Crippen molar-refractivity contribution < 1.29 is 9.53 Å². The second-order valence-electron chi connectivity index (χ2n) is 3.13. The molecule has 15 heavy (non-hydrogen) atoms. The molecule has 0 aliphatic carbocycles. The van der Waals surface area contributed by atoms with Gasteiger partial charge in [-0.15, -0.1) is 0 Å². The summed E-state index contributed by atoms with van der Waals surface area (Å²) in [5.41, 5.74) is 6.22. The third-order valence-electron chi connectivity index (χ3n) is 2.06. The van der Waals surface area contributed by atoms with Crippen LogP contribution < -0.4 is 10.5 Å². The van der Waals surface area contributed by atoms with Crippen LogP contribution in [0.4, 0.5) is 0 Å². The third-order valence-corrected chi connectivity index (χ3v) is 2.55. The molecule has 3 nitrogen and oxygen atoms in total. The molecule has 0 radical (unpaired) electrons. The second-order valence-corrected chi connectivity index (χ2v) is 3.97. The summed E-state index contributed by atoms with van der Waals surface area (Å²) < 4.78 is 5.32. The fourth-order valence-corrected chi connectivity index (χ4v) is 1.93. The molecule has 1 aromatic rings. The number of amides is 1. The average Bonchev–Trinajstić information content (AvgIpc) is 2.16. The number of hydrogen-bond acceptors (Lipinski definition) is 2. The standard InChI is InChI=1S/C10H7Cl2NO2/c11-7-2-5-1-6(10(13)14)4-15-9(5)8(12)3-7/h1-3H,4H2,(H2,13,14). The van der Waals surface area contributed by atoms with E-state index >= 15 is 0 Å². The Kier molecular flexibility index (Phi) is 2.59. The highest BCUT2D eigenvalue weighted by Gasteiger charge is 2.18. The van der Waals surface area contributed by atoms with Gasteiger partial charge in [-0.25, -0.2) is 0 Å². The zero-order chi connectivity index (χ0) is 11.0. The average molecular weight is 244 g/mol. The van der Waals surface area contributed by atoms with Crippen molar-refractivity contribution in [3.63, 3.8) is 0 Å². The maximum atomic E-state index is 10.9. The fourth-order valence-electron chi connectivity index (χ4n) is 1.36. The van der Waals surface area contributed by atoms with Gasteiger partial charge >= 0.3 is 0 Å². The zero-order valence-electron chi connectivity index (χ0n) is 7.59. The van der Waals surface area contributed by atoms with Crippen LogP contribution in [0.1, 0.15) is 5.56 Å². The number of halogens is 2. The molecule has 1 aliphatic rings. The Morgan fingerprint density at radius 1 is 1.40 bits per heavy atom. The summed E-state index contributed by atoms with van der Waals surface area (Å²) in [6, 6.07) is 3.26. The Morgan fingerprint density at radius 2 is 2.13 bits per heavy atom. The van der Waals surface area contributed by atoms with Gasteiger partial charge in [0.1, 0.15) is 12.4 Å². The van der Waals surface area contributed by atoms with Crippen LogP contribution in [-0.4, -0.2) is 12.5 Å². The van der Waals surface area contributed by atoms with Gasteiger partial charge in [-0.2, -0.15) is 0 Å². The van der Waals surface area contributed by atoms with Crippen molar-refractivity contribution in [2.45, 2.75) is 0 Å². The number of ether oxygens (including phenoxy) is 1. The molecule has 0 saturated carbocycles. The van der Waals surface area contributed by atoms with Crippen molar-refractivity contribution in [2.75, 3.05) is 6.61 Å². The molecule has 1 heterocycles. The Bertz CT molecular complexity index is 469. The molecule has 2 rings (SSSR count). The maximum Gasteiger partial charge on any atom is 0.248 e. The molecule has 2 N–H and O–H groups in total. The molecule has 0 unspecified atom stereocenters. The van der Waals surface area contributed by atoms with Gasteiger partial charge in [0.05, 0.1) is 10.6 Å². The molecule has 0 spiro atoms. The third kappa shape index (κ3) is 1.94. The minimum Gasteiger partial charge on any atom is -0.486 e. The lowest BCUT2D eigenvalue weighted by Gasteiger charge is -2.17. The first-order valence-electron chi connectivity index (χ1n) is 4.20. The van der Waals surface area contributed by atoms with Crippen LogP contribution in [0, 0.1) is 0 Å². The summed E-state index contributed by atoms with van der Waals surface area (Å²) in [5, 5.41) is 0.918. The summed E-state index contributed by atoms with van der Waals surface area (Å²) in [6.45, 7) is 0.143. The van der Waals surface area contributed by atoms with Gasteiger partial charge in [0.15, 0.2) is 0 Å². The monoisotopic (exact) mass is 243 g/mol. The van der Waals surface area contributed by atoms with Gasteiger partial charge in [-0.1, -0.05) is 23.2 Å². The lowest BCUT2D eigenvalue weighted by atomic mass is 10.1. The Hall–Kier alpha value is -1.19. The molecule has 0 fully saturated rings. The highest BCUT2D eigenvalue weighted by Crippen LogP contribution is 2.36. The first-order chi connectivity index (χ1) is 7.08. The van der Waals surface area contributed by atoms with E-state index in [1.165, 1.54) is 0 Å². The molecule has 5 heteroatoms. The number of carbonyl (C=O) groups is 1. The molecule has 1 aliphatic heterocycles. The van der Waals surface area contributed by atoms with Crippen molar-refractivity contribution >= 4 is 35.2 Å². The van der Waals surface area contributed by atoms with E-state index in [-0.39, 0.29) is 6.61 Å². The zero-order valence-corrected chi connectivity index (χ0v) is 9.10. The topological polar surface area (TPSA) is 52.3 Å². The highest BCUT2D eigenvalue weighted by atomic mass is 35.5. The van der Waals surface area contributed by atoms with E-state index in [0.29, 0.717) is 26.9 Å². The Labute approximate surface area is 96.4 Å². The largest absolute Gasteiger partial charge is 0.486 e. The second kappa shape index (κ2) is 3.76. The van der Waals surface area contributed by atoms with E-state index in [4.69, 9.17) is 33.7 Å². The van der Waals surface area contributed by atoms with E-state index in [2.05, 4.69) is 0 Å². The first kappa shape index (κ1) is 10.3. The molecule has 0 atom stereocenters. The molecule has 78 valence electrons. The lowest BCUT2D eigenvalue weighted by molar-refractivity contribution is -0.114. The molecule has 0 saturated heterocycles. The molecular weight excluding hydrogens is 237 g/mol. The van der Waals surface area contributed by atoms with E-state index in [0.717, 1.165) is 0 Å². The van der Waals surface area contributed by atoms with Gasteiger partial charge in [-0.05, 0) is 18.2 Å². The predicted octanol–water partition coefficient (Wildman–Crippen LogP) is 2.25. The predicted molar refractivity (Wildman–Crippen MR) is 59.1 cm³/mol.